The van der Waals surface area contributed by atoms with Gasteiger partial charge in [0.25, 0.3) is 0 Å². The van der Waals surface area contributed by atoms with Crippen molar-refractivity contribution >= 4 is 36.4 Å². The van der Waals surface area contributed by atoms with Crippen molar-refractivity contribution in [2.75, 3.05) is 0 Å². The van der Waals surface area contributed by atoms with Crippen molar-refractivity contribution in [3.63, 3.8) is 0 Å². The highest BCUT2D eigenvalue weighted by Crippen LogP contribution is 2.03. The summed E-state index contributed by atoms with van der Waals surface area (Å²) in [4.78, 5) is 3.93. The second-order valence-corrected chi connectivity index (χ2v) is 2.04. The van der Waals surface area contributed by atoms with Crippen LogP contribution in [0.15, 0.2) is 18.2 Å². The number of nitrogens with two attached hydrogens (primary N) is 1. The molecule has 0 spiro atoms. The van der Waals surface area contributed by atoms with Crippen molar-refractivity contribution < 1.29 is 0 Å². The van der Waals surface area contributed by atoms with Gasteiger partial charge in [-0.2, -0.15) is 0 Å². The molecule has 0 bridgehead atoms. The molecule has 0 radical (unpaired) electrons. The molecule has 2 nitrogen and oxygen atoms in total. The summed E-state index contributed by atoms with van der Waals surface area (Å²) in [7, 11) is 0. The maximum absolute atomic E-state index is 5.56. The maximum Gasteiger partial charge on any atom is 0.129 e. The minimum absolute atomic E-state index is 0. The van der Waals surface area contributed by atoms with Crippen LogP contribution in [0.4, 0.5) is 0 Å². The van der Waals surface area contributed by atoms with Gasteiger partial charge in [0.05, 0.1) is 5.69 Å². The highest BCUT2D eigenvalue weighted by atomic mass is 35.5. The average molecular weight is 216 g/mol. The molecule has 11 heavy (non-hydrogen) atoms. The summed E-state index contributed by atoms with van der Waals surface area (Å²) in [5.41, 5.74) is 6.12. The van der Waals surface area contributed by atoms with Crippen LogP contribution in [-0.4, -0.2) is 4.98 Å². The molecule has 2 N–H and O–H groups in total. The summed E-state index contributed by atoms with van der Waals surface area (Å²) in [6, 6.07) is 5.39. The zero-order chi connectivity index (χ0) is 6.69. The molecule has 64 valence electrons. The Bertz CT molecular complexity index is 205. The number of nitrogens with zero attached hydrogens (tertiary/aromatic N) is 1. The van der Waals surface area contributed by atoms with E-state index in [2.05, 4.69) is 4.98 Å². The Morgan fingerprint density at radius 1 is 1.36 bits per heavy atom. The van der Waals surface area contributed by atoms with Gasteiger partial charge in [-0.3, -0.25) is 0 Å². The van der Waals surface area contributed by atoms with E-state index in [1.54, 1.807) is 6.07 Å². The lowest BCUT2D eigenvalue weighted by Crippen LogP contribution is -1.98. The quantitative estimate of drug-likeness (QED) is 0.728. The summed E-state index contributed by atoms with van der Waals surface area (Å²) < 4.78 is 0. The van der Waals surface area contributed by atoms with Gasteiger partial charge in [0.15, 0.2) is 0 Å². The third kappa shape index (κ3) is 4.43. The predicted molar refractivity (Wildman–Crippen MR) is 51.6 cm³/mol. The Kier molecular flexibility index (Phi) is 8.23. The largest absolute Gasteiger partial charge is 0.325 e. The van der Waals surface area contributed by atoms with Crippen molar-refractivity contribution in [2.45, 2.75) is 6.54 Å². The van der Waals surface area contributed by atoms with Gasteiger partial charge < -0.3 is 5.73 Å². The molecule has 0 amide bonds. The van der Waals surface area contributed by atoms with E-state index in [0.717, 1.165) is 5.69 Å². The van der Waals surface area contributed by atoms with Gasteiger partial charge in [0.2, 0.25) is 0 Å². The molecule has 0 aromatic carbocycles. The van der Waals surface area contributed by atoms with Crippen LogP contribution in [0, 0.1) is 0 Å². The highest BCUT2D eigenvalue weighted by Gasteiger charge is 1.89. The van der Waals surface area contributed by atoms with Gasteiger partial charge in [-0.15, -0.1) is 24.8 Å². The number of rotatable bonds is 1. The van der Waals surface area contributed by atoms with Gasteiger partial charge in [-0.25, -0.2) is 4.98 Å². The lowest BCUT2D eigenvalue weighted by atomic mass is 10.4. The molecule has 1 heterocycles. The Balaban J connectivity index is 0. The lowest BCUT2D eigenvalue weighted by molar-refractivity contribution is 0.991. The molecule has 0 fully saturated rings. The molecule has 5 heteroatoms. The molecule has 1 aromatic heterocycles. The average Bonchev–Trinajstić information content (AvgIpc) is 1.88. The normalized spacial score (nSPS) is 7.82. The number of pyridine rings is 1. The fourth-order valence-electron chi connectivity index (χ4n) is 0.564. The highest BCUT2D eigenvalue weighted by molar-refractivity contribution is 6.29. The van der Waals surface area contributed by atoms with E-state index in [0.29, 0.717) is 11.7 Å². The van der Waals surface area contributed by atoms with Crippen molar-refractivity contribution in [1.29, 1.82) is 0 Å². The van der Waals surface area contributed by atoms with Crippen LogP contribution in [0.5, 0.6) is 0 Å². The van der Waals surface area contributed by atoms with Crippen LogP contribution in [0.3, 0.4) is 0 Å². The topological polar surface area (TPSA) is 38.9 Å². The van der Waals surface area contributed by atoms with Gasteiger partial charge in [-0.1, -0.05) is 17.7 Å². The first-order valence-corrected chi connectivity index (χ1v) is 3.02. The number of hydrogen-bond donors (Lipinski definition) is 1. The first kappa shape index (κ1) is 13.6. The lowest BCUT2D eigenvalue weighted by Gasteiger charge is -1.92. The third-order valence-corrected chi connectivity index (χ3v) is 1.19. The Morgan fingerprint density at radius 2 is 2.00 bits per heavy atom. The zero-order valence-corrected chi connectivity index (χ0v) is 8.05. The summed E-state index contributed by atoms with van der Waals surface area (Å²) in [5, 5.41) is 0.498. The molecule has 0 aliphatic heterocycles. The third-order valence-electron chi connectivity index (χ3n) is 0.982. The molecule has 1 aromatic rings. The van der Waals surface area contributed by atoms with Gasteiger partial charge in [0, 0.05) is 6.54 Å². The van der Waals surface area contributed by atoms with Crippen LogP contribution in [0.25, 0.3) is 0 Å². The van der Waals surface area contributed by atoms with Crippen molar-refractivity contribution in [3.05, 3.63) is 29.0 Å². The second kappa shape index (κ2) is 6.68. The summed E-state index contributed by atoms with van der Waals surface area (Å²) in [6.45, 7) is 0.445. The van der Waals surface area contributed by atoms with Gasteiger partial charge in [0.1, 0.15) is 5.15 Å². The van der Waals surface area contributed by atoms with E-state index >= 15 is 0 Å². The molecular weight excluding hydrogens is 206 g/mol. The Hall–Kier alpha value is -0.0200. The van der Waals surface area contributed by atoms with Crippen LogP contribution in [0.2, 0.25) is 5.15 Å². The fourth-order valence-corrected chi connectivity index (χ4v) is 0.745. The fraction of sp³-hybridized carbons (Fsp3) is 0.167. The second-order valence-electron chi connectivity index (χ2n) is 1.66. The number of hydrogen-bond acceptors (Lipinski definition) is 2. The van der Waals surface area contributed by atoms with Gasteiger partial charge >= 0.3 is 0 Å². The monoisotopic (exact) mass is 214 g/mol. The van der Waals surface area contributed by atoms with Crippen molar-refractivity contribution in [2.24, 2.45) is 5.73 Å². The van der Waals surface area contributed by atoms with E-state index in [1.165, 1.54) is 0 Å². The first-order valence-electron chi connectivity index (χ1n) is 2.64. The van der Waals surface area contributed by atoms with Crippen LogP contribution < -0.4 is 5.73 Å². The molecule has 0 aliphatic carbocycles. The minimum atomic E-state index is 0. The minimum Gasteiger partial charge on any atom is -0.325 e. The molecule has 1 rings (SSSR count). The summed E-state index contributed by atoms with van der Waals surface area (Å²) in [5.74, 6) is 0. The molecule has 0 aliphatic rings. The van der Waals surface area contributed by atoms with Crippen LogP contribution in [-0.2, 0) is 6.54 Å². The maximum atomic E-state index is 5.56. The van der Waals surface area contributed by atoms with E-state index in [9.17, 15) is 0 Å². The van der Waals surface area contributed by atoms with Crippen molar-refractivity contribution in [1.82, 2.24) is 4.98 Å². The van der Waals surface area contributed by atoms with Crippen LogP contribution >= 0.6 is 36.4 Å². The predicted octanol–water partition coefficient (Wildman–Crippen LogP) is 2.04. The Labute approximate surface area is 83.0 Å². The van der Waals surface area contributed by atoms with Gasteiger partial charge in [-0.05, 0) is 12.1 Å². The molecule has 0 saturated heterocycles. The molecule has 0 saturated carbocycles. The van der Waals surface area contributed by atoms with E-state index in [4.69, 9.17) is 17.3 Å². The van der Waals surface area contributed by atoms with Crippen molar-refractivity contribution in [3.8, 4) is 0 Å². The first-order chi connectivity index (χ1) is 4.33. The summed E-state index contributed by atoms with van der Waals surface area (Å²) >= 11 is 5.56. The standard InChI is InChI=1S/C6H7ClN2.2ClH/c7-6-3-1-2-5(4-8)9-6;;/h1-3H,4,8H2;2*1H. The Morgan fingerprint density at radius 3 is 2.36 bits per heavy atom. The summed E-state index contributed by atoms with van der Waals surface area (Å²) in [6.07, 6.45) is 0. The SMILES string of the molecule is Cl.Cl.NCc1cccc(Cl)n1. The van der Waals surface area contributed by atoms with E-state index < -0.39 is 0 Å². The molecular formula is C6H9Cl3N2. The zero-order valence-electron chi connectivity index (χ0n) is 5.66. The smallest absolute Gasteiger partial charge is 0.129 e. The van der Waals surface area contributed by atoms with Crippen LogP contribution in [0.1, 0.15) is 5.69 Å². The number of halogens is 3. The van der Waals surface area contributed by atoms with E-state index in [-0.39, 0.29) is 24.8 Å². The van der Waals surface area contributed by atoms with E-state index in [1.807, 2.05) is 12.1 Å². The molecule has 0 unspecified atom stereocenters. The number of aromatic nitrogens is 1. The molecule has 0 atom stereocenters.